The molecule has 0 radical (unpaired) electrons. The smallest absolute Gasteiger partial charge is 0.122 e. The van der Waals surface area contributed by atoms with Gasteiger partial charge in [-0.15, -0.1) is 0 Å². The number of phenols is 1. The van der Waals surface area contributed by atoms with Crippen LogP contribution >= 0.6 is 0 Å². The van der Waals surface area contributed by atoms with E-state index in [9.17, 15) is 5.11 Å². The number of rotatable bonds is 3. The number of allylic oxidation sites excluding steroid dienone is 4. The van der Waals surface area contributed by atoms with Crippen LogP contribution < -0.4 is 0 Å². The molecule has 4 atom stereocenters. The van der Waals surface area contributed by atoms with Gasteiger partial charge in [-0.25, -0.2) is 0 Å². The molecule has 0 saturated heterocycles. The van der Waals surface area contributed by atoms with E-state index in [0.717, 1.165) is 11.1 Å². The summed E-state index contributed by atoms with van der Waals surface area (Å²) in [5.41, 5.74) is 9.29. The molecule has 1 heteroatoms. The average molecular weight is 541 g/mol. The van der Waals surface area contributed by atoms with Crippen molar-refractivity contribution >= 4 is 0 Å². The van der Waals surface area contributed by atoms with E-state index in [4.69, 9.17) is 0 Å². The lowest BCUT2D eigenvalue weighted by Gasteiger charge is -2.38. The fraction of sp³-hybridized carbons (Fsp3) is 0.590. The Hall–Kier alpha value is -2.28. The molecule has 0 spiro atoms. The van der Waals surface area contributed by atoms with E-state index in [-0.39, 0.29) is 27.6 Å². The molecule has 1 N–H and O–H groups in total. The van der Waals surface area contributed by atoms with Crippen molar-refractivity contribution in [3.63, 3.8) is 0 Å². The van der Waals surface area contributed by atoms with Gasteiger partial charge in [0.1, 0.15) is 5.75 Å². The Morgan fingerprint density at radius 3 is 1.77 bits per heavy atom. The van der Waals surface area contributed by atoms with Crippen molar-refractivity contribution in [2.45, 2.75) is 131 Å². The molecule has 0 fully saturated rings. The van der Waals surface area contributed by atoms with Crippen molar-refractivity contribution in [2.24, 2.45) is 17.3 Å². The van der Waals surface area contributed by atoms with Gasteiger partial charge in [-0.1, -0.05) is 145 Å². The largest absolute Gasteiger partial charge is 0.507 e. The van der Waals surface area contributed by atoms with Crippen LogP contribution in [0.15, 0.2) is 54.1 Å². The summed E-state index contributed by atoms with van der Waals surface area (Å²) in [7, 11) is 0. The highest BCUT2D eigenvalue weighted by atomic mass is 16.3. The predicted octanol–water partition coefficient (Wildman–Crippen LogP) is 11.1. The van der Waals surface area contributed by atoms with Crippen LogP contribution in [0.5, 0.6) is 5.75 Å². The van der Waals surface area contributed by atoms with Gasteiger partial charge in [0.25, 0.3) is 0 Å². The van der Waals surface area contributed by atoms with Crippen molar-refractivity contribution in [3.8, 4) is 5.75 Å². The molecular formula is C39H56O. The highest BCUT2D eigenvalue weighted by Gasteiger charge is 2.46. The molecule has 2 aliphatic carbocycles. The first-order valence-electron chi connectivity index (χ1n) is 15.5. The van der Waals surface area contributed by atoms with Crippen LogP contribution in [0.3, 0.4) is 0 Å². The quantitative estimate of drug-likeness (QED) is 0.410. The zero-order chi connectivity index (χ0) is 30.2. The Bertz CT molecular complexity index is 1320. The Morgan fingerprint density at radius 2 is 1.27 bits per heavy atom. The van der Waals surface area contributed by atoms with E-state index >= 15 is 0 Å². The molecule has 218 valence electrons. The second kappa shape index (κ2) is 9.92. The number of hydrogen-bond donors (Lipinski definition) is 1. The Kier molecular flexibility index (Phi) is 7.61. The van der Waals surface area contributed by atoms with Gasteiger partial charge in [-0.05, 0) is 84.3 Å². The maximum Gasteiger partial charge on any atom is 0.122 e. The molecule has 0 aliphatic heterocycles. The highest BCUT2D eigenvalue weighted by molar-refractivity contribution is 5.56. The lowest BCUT2D eigenvalue weighted by molar-refractivity contribution is 0.340. The fourth-order valence-electron chi connectivity index (χ4n) is 7.00. The van der Waals surface area contributed by atoms with E-state index in [1.54, 1.807) is 0 Å². The molecule has 0 aromatic heterocycles. The number of fused-ring (bicyclic) bond motifs is 3. The molecule has 0 saturated carbocycles. The van der Waals surface area contributed by atoms with Crippen LogP contribution in [-0.2, 0) is 16.2 Å². The molecule has 0 amide bonds. The summed E-state index contributed by atoms with van der Waals surface area (Å²) in [6.07, 6.45) is 7.45. The SMILES string of the molecule is CC(C)C(c1cc(C(C)(C)C)cc(C(C)(C)C)c1O)C1c2cc(C(C)(C)C)ccc2C2C=CC(C(C)(C)C)=CC21. The van der Waals surface area contributed by atoms with Crippen molar-refractivity contribution in [1.29, 1.82) is 0 Å². The van der Waals surface area contributed by atoms with Gasteiger partial charge in [0, 0.05) is 5.92 Å². The van der Waals surface area contributed by atoms with Crippen molar-refractivity contribution in [2.75, 3.05) is 0 Å². The second-order valence-corrected chi connectivity index (χ2v) is 17.2. The minimum atomic E-state index is -0.149. The van der Waals surface area contributed by atoms with Crippen LogP contribution in [0.4, 0.5) is 0 Å². The highest BCUT2D eigenvalue weighted by Crippen LogP contribution is 2.59. The molecule has 2 aliphatic rings. The molecule has 0 bridgehead atoms. The normalized spacial score (nSPS) is 22.3. The minimum Gasteiger partial charge on any atom is -0.507 e. The van der Waals surface area contributed by atoms with E-state index in [1.807, 2.05) is 0 Å². The number of phenolic OH excluding ortho intramolecular Hbond substituents is 1. The van der Waals surface area contributed by atoms with Crippen molar-refractivity contribution in [1.82, 2.24) is 0 Å². The number of benzene rings is 2. The molecule has 4 unspecified atom stereocenters. The van der Waals surface area contributed by atoms with Gasteiger partial charge in [0.2, 0.25) is 0 Å². The van der Waals surface area contributed by atoms with E-state index in [0.29, 0.717) is 29.4 Å². The summed E-state index contributed by atoms with van der Waals surface area (Å²) in [5, 5.41) is 12.1. The van der Waals surface area contributed by atoms with Crippen LogP contribution in [-0.4, -0.2) is 5.11 Å². The summed E-state index contributed by atoms with van der Waals surface area (Å²) in [6.45, 7) is 32.2. The fourth-order valence-corrected chi connectivity index (χ4v) is 7.00. The average Bonchev–Trinajstić information content (AvgIpc) is 3.10. The third-order valence-corrected chi connectivity index (χ3v) is 9.50. The van der Waals surface area contributed by atoms with E-state index < -0.39 is 0 Å². The number of hydrogen-bond acceptors (Lipinski definition) is 1. The summed E-state index contributed by atoms with van der Waals surface area (Å²) < 4.78 is 0. The Morgan fingerprint density at radius 1 is 0.675 bits per heavy atom. The van der Waals surface area contributed by atoms with Crippen LogP contribution in [0.2, 0.25) is 0 Å². The predicted molar refractivity (Wildman–Crippen MR) is 174 cm³/mol. The third-order valence-electron chi connectivity index (χ3n) is 9.50. The number of aromatic hydroxyl groups is 1. The summed E-state index contributed by atoms with van der Waals surface area (Å²) in [6, 6.07) is 11.9. The van der Waals surface area contributed by atoms with Gasteiger partial charge < -0.3 is 5.11 Å². The zero-order valence-electron chi connectivity index (χ0n) is 28.0. The Balaban J connectivity index is 2.04. The molecule has 2 aromatic carbocycles. The lowest BCUT2D eigenvalue weighted by atomic mass is 9.66. The standard InChI is InChI=1S/C39H56O/c1-23(2)33(31-21-26(38(9,10)11)22-32(35(31)40)39(12,13)14)34-29-19-24(36(3,4)5)15-17-27(29)28-18-16-25(20-30(28)34)37(6,7)8/h15-23,27,29,33-34,40H,1-14H3. The minimum absolute atomic E-state index is 0.00755. The molecule has 2 aromatic rings. The zero-order valence-corrected chi connectivity index (χ0v) is 28.0. The van der Waals surface area contributed by atoms with Crippen LogP contribution in [0.25, 0.3) is 0 Å². The summed E-state index contributed by atoms with van der Waals surface area (Å²) in [4.78, 5) is 0. The first-order valence-corrected chi connectivity index (χ1v) is 15.5. The first kappa shape index (κ1) is 30.7. The molecule has 4 rings (SSSR count). The summed E-state index contributed by atoms with van der Waals surface area (Å²) >= 11 is 0. The molecule has 40 heavy (non-hydrogen) atoms. The maximum absolute atomic E-state index is 12.1. The second-order valence-electron chi connectivity index (χ2n) is 17.2. The Labute approximate surface area is 246 Å². The third kappa shape index (κ3) is 5.60. The van der Waals surface area contributed by atoms with Gasteiger partial charge in [-0.3, -0.25) is 0 Å². The van der Waals surface area contributed by atoms with Gasteiger partial charge >= 0.3 is 0 Å². The van der Waals surface area contributed by atoms with Gasteiger partial charge in [0.05, 0.1) is 0 Å². The first-order chi connectivity index (χ1) is 18.1. The van der Waals surface area contributed by atoms with E-state index in [1.165, 1.54) is 27.8 Å². The van der Waals surface area contributed by atoms with Gasteiger partial charge in [0.15, 0.2) is 0 Å². The van der Waals surface area contributed by atoms with Crippen LogP contribution in [0.1, 0.15) is 148 Å². The van der Waals surface area contributed by atoms with Crippen molar-refractivity contribution < 1.29 is 5.11 Å². The monoisotopic (exact) mass is 540 g/mol. The topological polar surface area (TPSA) is 20.2 Å². The van der Waals surface area contributed by atoms with E-state index in [2.05, 4.69) is 145 Å². The lowest BCUT2D eigenvalue weighted by Crippen LogP contribution is -2.26. The molecule has 0 heterocycles. The van der Waals surface area contributed by atoms with Crippen LogP contribution in [0, 0.1) is 17.3 Å². The maximum atomic E-state index is 12.1. The van der Waals surface area contributed by atoms with Crippen molar-refractivity contribution in [3.05, 3.63) is 87.5 Å². The van der Waals surface area contributed by atoms with Gasteiger partial charge in [-0.2, -0.15) is 0 Å². The summed E-state index contributed by atoms with van der Waals surface area (Å²) in [5.74, 6) is 2.09. The molecular weight excluding hydrogens is 484 g/mol. The molecule has 1 nitrogen and oxygen atoms in total.